The summed E-state index contributed by atoms with van der Waals surface area (Å²) in [4.78, 5) is 23.2. The minimum Gasteiger partial charge on any atom is -0.319 e. The molecule has 5 nitrogen and oxygen atoms in total. The lowest BCUT2D eigenvalue weighted by atomic mass is 10.2. The summed E-state index contributed by atoms with van der Waals surface area (Å²) < 4.78 is 0. The van der Waals surface area contributed by atoms with Crippen LogP contribution in [0.15, 0.2) is 31.0 Å². The second-order valence-corrected chi connectivity index (χ2v) is 3.86. The summed E-state index contributed by atoms with van der Waals surface area (Å²) in [6.07, 6.45) is 5.63. The van der Waals surface area contributed by atoms with Gasteiger partial charge in [-0.05, 0) is 6.07 Å². The number of carbonyl (C=O) groups is 1. The van der Waals surface area contributed by atoms with Gasteiger partial charge in [0.15, 0.2) is 0 Å². The SMILES string of the molecule is O=C(Nc1cncnc1)c1cc(Cl)ncc1Cl. The molecule has 2 rings (SSSR count). The van der Waals surface area contributed by atoms with E-state index in [4.69, 9.17) is 23.2 Å². The van der Waals surface area contributed by atoms with Gasteiger partial charge < -0.3 is 5.32 Å². The Balaban J connectivity index is 2.23. The van der Waals surface area contributed by atoms with Crippen molar-refractivity contribution in [3.05, 3.63) is 46.7 Å². The Morgan fingerprint density at radius 1 is 1.18 bits per heavy atom. The van der Waals surface area contributed by atoms with Gasteiger partial charge >= 0.3 is 0 Å². The van der Waals surface area contributed by atoms with Crippen molar-refractivity contribution < 1.29 is 4.79 Å². The molecule has 0 aromatic carbocycles. The maximum atomic E-state index is 11.8. The third-order valence-electron chi connectivity index (χ3n) is 1.89. The second-order valence-electron chi connectivity index (χ2n) is 3.07. The molecule has 0 bridgehead atoms. The van der Waals surface area contributed by atoms with Gasteiger partial charge in [-0.15, -0.1) is 0 Å². The lowest BCUT2D eigenvalue weighted by Gasteiger charge is -2.05. The molecule has 7 heteroatoms. The van der Waals surface area contributed by atoms with Gasteiger partial charge in [0.2, 0.25) is 0 Å². The molecule has 1 amide bonds. The summed E-state index contributed by atoms with van der Waals surface area (Å²) in [5, 5.41) is 3.02. The first-order valence-corrected chi connectivity index (χ1v) is 5.30. The lowest BCUT2D eigenvalue weighted by Crippen LogP contribution is -2.13. The van der Waals surface area contributed by atoms with E-state index in [-0.39, 0.29) is 15.7 Å². The minimum absolute atomic E-state index is 0.198. The highest BCUT2D eigenvalue weighted by Gasteiger charge is 2.12. The number of rotatable bonds is 2. The summed E-state index contributed by atoms with van der Waals surface area (Å²) in [7, 11) is 0. The van der Waals surface area contributed by atoms with E-state index in [0.717, 1.165) is 0 Å². The number of nitrogens with one attached hydrogen (secondary N) is 1. The molecule has 0 spiro atoms. The summed E-state index contributed by atoms with van der Waals surface area (Å²) in [6.45, 7) is 0. The third-order valence-corrected chi connectivity index (χ3v) is 2.39. The monoisotopic (exact) mass is 268 g/mol. The molecular formula is C10H6Cl2N4O. The van der Waals surface area contributed by atoms with Crippen molar-refractivity contribution in [1.29, 1.82) is 0 Å². The Labute approximate surface area is 107 Å². The van der Waals surface area contributed by atoms with Crippen molar-refractivity contribution in [2.24, 2.45) is 0 Å². The van der Waals surface area contributed by atoms with Crippen LogP contribution >= 0.6 is 23.2 Å². The van der Waals surface area contributed by atoms with Crippen LogP contribution in [0.25, 0.3) is 0 Å². The Bertz CT molecular complexity index is 547. The average molecular weight is 269 g/mol. The van der Waals surface area contributed by atoms with Gasteiger partial charge in [-0.3, -0.25) is 4.79 Å². The number of nitrogens with zero attached hydrogens (tertiary/aromatic N) is 3. The van der Waals surface area contributed by atoms with Gasteiger partial charge in [0.1, 0.15) is 11.5 Å². The lowest BCUT2D eigenvalue weighted by molar-refractivity contribution is 0.102. The summed E-state index contributed by atoms with van der Waals surface area (Å²) in [5.74, 6) is -0.394. The highest BCUT2D eigenvalue weighted by atomic mass is 35.5. The van der Waals surface area contributed by atoms with E-state index < -0.39 is 5.91 Å². The van der Waals surface area contributed by atoms with Gasteiger partial charge in [-0.1, -0.05) is 23.2 Å². The molecule has 0 radical (unpaired) electrons. The number of amides is 1. The number of pyridine rings is 1. The van der Waals surface area contributed by atoms with E-state index in [1.807, 2.05) is 0 Å². The molecule has 1 N–H and O–H groups in total. The molecule has 0 saturated carbocycles. The van der Waals surface area contributed by atoms with Crippen LogP contribution in [0.3, 0.4) is 0 Å². The molecule has 0 aliphatic carbocycles. The molecule has 2 heterocycles. The summed E-state index contributed by atoms with van der Waals surface area (Å²) >= 11 is 11.5. The first-order chi connectivity index (χ1) is 8.16. The van der Waals surface area contributed by atoms with Gasteiger partial charge in [0.25, 0.3) is 5.91 Å². The normalized spacial score (nSPS) is 10.0. The molecule has 2 aromatic heterocycles. The summed E-state index contributed by atoms with van der Waals surface area (Å²) in [5.41, 5.74) is 0.719. The number of halogens is 2. The predicted molar refractivity (Wildman–Crippen MR) is 64.2 cm³/mol. The van der Waals surface area contributed by atoms with Gasteiger partial charge in [-0.2, -0.15) is 0 Å². The number of hydrogen-bond acceptors (Lipinski definition) is 4. The standard InChI is InChI=1S/C10H6Cl2N4O/c11-8-4-15-9(12)1-7(8)10(17)16-6-2-13-5-14-3-6/h1-5H,(H,16,17). The zero-order valence-electron chi connectivity index (χ0n) is 8.39. The van der Waals surface area contributed by atoms with Crippen molar-refractivity contribution in [2.45, 2.75) is 0 Å². The van der Waals surface area contributed by atoms with Crippen LogP contribution in [-0.2, 0) is 0 Å². The summed E-state index contributed by atoms with van der Waals surface area (Å²) in [6, 6.07) is 1.39. The van der Waals surface area contributed by atoms with E-state index in [0.29, 0.717) is 5.69 Å². The number of aromatic nitrogens is 3. The van der Waals surface area contributed by atoms with Crippen molar-refractivity contribution in [2.75, 3.05) is 5.32 Å². The van der Waals surface area contributed by atoms with Gasteiger partial charge in [0.05, 0.1) is 28.7 Å². The maximum absolute atomic E-state index is 11.8. The van der Waals surface area contributed by atoms with Crippen molar-refractivity contribution >= 4 is 34.8 Å². The molecule has 0 atom stereocenters. The quantitative estimate of drug-likeness (QED) is 0.850. The Morgan fingerprint density at radius 3 is 2.59 bits per heavy atom. The Morgan fingerprint density at radius 2 is 1.88 bits per heavy atom. The van der Waals surface area contributed by atoms with Gasteiger partial charge in [-0.25, -0.2) is 15.0 Å². The predicted octanol–water partition coefficient (Wildman–Crippen LogP) is 2.43. The Kier molecular flexibility index (Phi) is 3.51. The highest BCUT2D eigenvalue weighted by molar-refractivity contribution is 6.35. The maximum Gasteiger partial charge on any atom is 0.257 e. The molecule has 0 saturated heterocycles. The van der Waals surface area contributed by atoms with Crippen LogP contribution in [0.5, 0.6) is 0 Å². The smallest absolute Gasteiger partial charge is 0.257 e. The van der Waals surface area contributed by atoms with Crippen molar-refractivity contribution in [1.82, 2.24) is 15.0 Å². The molecule has 86 valence electrons. The van der Waals surface area contributed by atoms with Crippen molar-refractivity contribution in [3.63, 3.8) is 0 Å². The zero-order chi connectivity index (χ0) is 12.3. The van der Waals surface area contributed by atoms with E-state index in [9.17, 15) is 4.79 Å². The molecule has 17 heavy (non-hydrogen) atoms. The van der Waals surface area contributed by atoms with E-state index >= 15 is 0 Å². The molecule has 0 aliphatic heterocycles. The zero-order valence-corrected chi connectivity index (χ0v) is 9.90. The minimum atomic E-state index is -0.394. The van der Waals surface area contributed by atoms with Gasteiger partial charge in [0, 0.05) is 6.20 Å². The second kappa shape index (κ2) is 5.07. The largest absolute Gasteiger partial charge is 0.319 e. The van der Waals surface area contributed by atoms with E-state index in [2.05, 4.69) is 20.3 Å². The average Bonchev–Trinajstić information content (AvgIpc) is 2.33. The number of anilines is 1. The van der Waals surface area contributed by atoms with Crippen LogP contribution in [0.4, 0.5) is 5.69 Å². The first kappa shape index (κ1) is 11.8. The molecular weight excluding hydrogens is 263 g/mol. The topological polar surface area (TPSA) is 67.8 Å². The van der Waals surface area contributed by atoms with Crippen LogP contribution < -0.4 is 5.32 Å². The van der Waals surface area contributed by atoms with E-state index in [1.54, 1.807) is 0 Å². The molecule has 0 fully saturated rings. The fourth-order valence-electron chi connectivity index (χ4n) is 1.15. The third kappa shape index (κ3) is 2.89. The van der Waals surface area contributed by atoms with Crippen molar-refractivity contribution in [3.8, 4) is 0 Å². The Hall–Kier alpha value is -1.72. The van der Waals surface area contributed by atoms with Crippen LogP contribution in [0.2, 0.25) is 10.2 Å². The number of hydrogen-bond donors (Lipinski definition) is 1. The van der Waals surface area contributed by atoms with Crippen LogP contribution in [0.1, 0.15) is 10.4 Å². The van der Waals surface area contributed by atoms with Crippen LogP contribution in [-0.4, -0.2) is 20.9 Å². The van der Waals surface area contributed by atoms with E-state index in [1.165, 1.54) is 31.0 Å². The highest BCUT2D eigenvalue weighted by Crippen LogP contribution is 2.19. The fourth-order valence-corrected chi connectivity index (χ4v) is 1.50. The molecule has 2 aromatic rings. The number of carbonyl (C=O) groups excluding carboxylic acids is 1. The molecule has 0 aliphatic rings. The molecule has 0 unspecified atom stereocenters. The van der Waals surface area contributed by atoms with Crippen LogP contribution in [0, 0.1) is 0 Å². The first-order valence-electron chi connectivity index (χ1n) is 4.54. The fraction of sp³-hybridized carbons (Fsp3) is 0.